The summed E-state index contributed by atoms with van der Waals surface area (Å²) in [6.45, 7) is 4.55. The molecule has 24 heavy (non-hydrogen) atoms. The first-order valence-electron chi connectivity index (χ1n) is 7.62. The standard InChI is InChI=1S/C18H18N2O2S2/c1-3-20-17(15-7-5-4-6-8-15)13-23-18(20)19-24(21,22)16-11-9-14(2)10-12-16/h4-13H,3H2,1-2H3/b19-18+. The van der Waals surface area contributed by atoms with Crippen LogP contribution in [0.2, 0.25) is 0 Å². The fourth-order valence-electron chi connectivity index (χ4n) is 2.41. The molecule has 124 valence electrons. The van der Waals surface area contributed by atoms with Crippen molar-refractivity contribution in [1.29, 1.82) is 0 Å². The van der Waals surface area contributed by atoms with Crippen molar-refractivity contribution >= 4 is 21.4 Å². The summed E-state index contributed by atoms with van der Waals surface area (Å²) in [6, 6.07) is 16.6. The Hall–Kier alpha value is -2.18. The van der Waals surface area contributed by atoms with Crippen LogP contribution < -0.4 is 4.80 Å². The Kier molecular flexibility index (Phi) is 4.69. The van der Waals surface area contributed by atoms with Crippen LogP contribution in [0.4, 0.5) is 0 Å². The molecule has 3 aromatic rings. The molecule has 1 aromatic heterocycles. The topological polar surface area (TPSA) is 51.4 Å². The molecule has 1 heterocycles. The van der Waals surface area contributed by atoms with Gasteiger partial charge in [-0.15, -0.1) is 15.7 Å². The number of aryl methyl sites for hydroxylation is 1. The van der Waals surface area contributed by atoms with Crippen LogP contribution in [0.1, 0.15) is 12.5 Å². The lowest BCUT2D eigenvalue weighted by Gasteiger charge is -2.06. The van der Waals surface area contributed by atoms with E-state index in [0.29, 0.717) is 11.3 Å². The molecule has 0 aliphatic carbocycles. The number of aromatic nitrogens is 1. The van der Waals surface area contributed by atoms with Crippen LogP contribution in [-0.4, -0.2) is 13.0 Å². The van der Waals surface area contributed by atoms with E-state index in [1.807, 2.05) is 54.1 Å². The molecule has 0 saturated carbocycles. The predicted molar refractivity (Wildman–Crippen MR) is 97.3 cm³/mol. The monoisotopic (exact) mass is 358 g/mol. The highest BCUT2D eigenvalue weighted by molar-refractivity contribution is 7.90. The number of sulfonamides is 1. The maximum absolute atomic E-state index is 12.6. The lowest BCUT2D eigenvalue weighted by atomic mass is 10.2. The van der Waals surface area contributed by atoms with Crippen LogP contribution in [0, 0.1) is 6.92 Å². The van der Waals surface area contributed by atoms with Gasteiger partial charge < -0.3 is 4.57 Å². The van der Waals surface area contributed by atoms with Crippen molar-refractivity contribution in [1.82, 2.24) is 4.57 Å². The first-order valence-corrected chi connectivity index (χ1v) is 9.94. The van der Waals surface area contributed by atoms with E-state index in [9.17, 15) is 8.42 Å². The van der Waals surface area contributed by atoms with E-state index < -0.39 is 10.0 Å². The molecule has 0 unspecified atom stereocenters. The fourth-order valence-corrected chi connectivity index (χ4v) is 4.60. The zero-order valence-corrected chi connectivity index (χ0v) is 15.1. The normalized spacial score (nSPS) is 12.5. The van der Waals surface area contributed by atoms with Crippen molar-refractivity contribution in [2.45, 2.75) is 25.3 Å². The van der Waals surface area contributed by atoms with Crippen molar-refractivity contribution in [3.05, 3.63) is 70.3 Å². The van der Waals surface area contributed by atoms with Crippen LogP contribution in [0.15, 0.2) is 69.3 Å². The minimum absolute atomic E-state index is 0.213. The molecule has 0 bridgehead atoms. The number of nitrogens with zero attached hydrogens (tertiary/aromatic N) is 2. The van der Waals surface area contributed by atoms with Gasteiger partial charge in [0.05, 0.1) is 10.6 Å². The minimum Gasteiger partial charge on any atom is -0.316 e. The zero-order valence-electron chi connectivity index (χ0n) is 13.5. The molecule has 0 aliphatic heterocycles. The Morgan fingerprint density at radius 2 is 1.71 bits per heavy atom. The largest absolute Gasteiger partial charge is 0.316 e. The Morgan fingerprint density at radius 1 is 1.04 bits per heavy atom. The average Bonchev–Trinajstić information content (AvgIpc) is 2.98. The van der Waals surface area contributed by atoms with Gasteiger partial charge in [0.1, 0.15) is 0 Å². The highest BCUT2D eigenvalue weighted by atomic mass is 32.2. The molecule has 2 aromatic carbocycles. The molecule has 0 fully saturated rings. The molecule has 0 saturated heterocycles. The molecule has 6 heteroatoms. The van der Waals surface area contributed by atoms with Gasteiger partial charge in [-0.3, -0.25) is 0 Å². The Labute approximate surface area is 145 Å². The van der Waals surface area contributed by atoms with Gasteiger partial charge in [-0.2, -0.15) is 8.42 Å². The van der Waals surface area contributed by atoms with Crippen molar-refractivity contribution in [3.63, 3.8) is 0 Å². The van der Waals surface area contributed by atoms with E-state index in [1.165, 1.54) is 11.3 Å². The summed E-state index contributed by atoms with van der Waals surface area (Å²) in [6.07, 6.45) is 0. The van der Waals surface area contributed by atoms with Gasteiger partial charge in [0, 0.05) is 11.9 Å². The smallest absolute Gasteiger partial charge is 0.285 e. The third-order valence-electron chi connectivity index (χ3n) is 3.70. The molecule has 0 N–H and O–H groups in total. The summed E-state index contributed by atoms with van der Waals surface area (Å²) in [5.41, 5.74) is 3.03. The molecule has 0 amide bonds. The maximum Gasteiger partial charge on any atom is 0.285 e. The average molecular weight is 358 g/mol. The Balaban J connectivity index is 2.11. The number of thiazole rings is 1. The van der Waals surface area contributed by atoms with Crippen LogP contribution in [0.3, 0.4) is 0 Å². The summed E-state index contributed by atoms with van der Waals surface area (Å²) in [5, 5.41) is 1.95. The van der Waals surface area contributed by atoms with Gasteiger partial charge in [-0.25, -0.2) is 0 Å². The van der Waals surface area contributed by atoms with Crippen LogP contribution in [0.25, 0.3) is 11.3 Å². The molecule has 0 atom stereocenters. The van der Waals surface area contributed by atoms with Crippen LogP contribution >= 0.6 is 11.3 Å². The molecule has 0 radical (unpaired) electrons. The first-order chi connectivity index (χ1) is 11.5. The number of hydrogen-bond donors (Lipinski definition) is 0. The summed E-state index contributed by atoms with van der Waals surface area (Å²) in [5.74, 6) is 0. The molecular weight excluding hydrogens is 340 g/mol. The third-order valence-corrected chi connectivity index (χ3v) is 5.96. The van der Waals surface area contributed by atoms with E-state index in [4.69, 9.17) is 0 Å². The van der Waals surface area contributed by atoms with E-state index >= 15 is 0 Å². The summed E-state index contributed by atoms with van der Waals surface area (Å²) in [7, 11) is -3.72. The van der Waals surface area contributed by atoms with Crippen molar-refractivity contribution in [3.8, 4) is 11.3 Å². The van der Waals surface area contributed by atoms with Crippen LogP contribution in [-0.2, 0) is 16.6 Å². The summed E-state index contributed by atoms with van der Waals surface area (Å²) < 4.78 is 31.1. The Morgan fingerprint density at radius 3 is 2.33 bits per heavy atom. The second-order valence-corrected chi connectivity index (χ2v) is 7.83. The van der Waals surface area contributed by atoms with E-state index in [0.717, 1.165) is 16.8 Å². The fraction of sp³-hybridized carbons (Fsp3) is 0.167. The zero-order chi connectivity index (χ0) is 17.2. The van der Waals surface area contributed by atoms with E-state index in [2.05, 4.69) is 4.40 Å². The maximum atomic E-state index is 12.6. The molecule has 0 aliphatic rings. The number of rotatable bonds is 4. The highest BCUT2D eigenvalue weighted by Gasteiger charge is 2.14. The van der Waals surface area contributed by atoms with Gasteiger partial charge >= 0.3 is 0 Å². The van der Waals surface area contributed by atoms with Gasteiger partial charge in [0.15, 0.2) is 0 Å². The first kappa shape index (κ1) is 16.7. The summed E-state index contributed by atoms with van der Waals surface area (Å²) in [4.78, 5) is 0.697. The third kappa shape index (κ3) is 3.34. The SMILES string of the molecule is CCn1c(-c2ccccc2)cs/c1=N/S(=O)(=O)c1ccc(C)cc1. The van der Waals surface area contributed by atoms with Crippen molar-refractivity contribution in [2.75, 3.05) is 0 Å². The van der Waals surface area contributed by atoms with Crippen molar-refractivity contribution < 1.29 is 8.42 Å². The van der Waals surface area contributed by atoms with Gasteiger partial charge in [0.25, 0.3) is 10.0 Å². The Bertz CT molecular complexity index is 999. The molecular formula is C18H18N2O2S2. The highest BCUT2D eigenvalue weighted by Crippen LogP contribution is 2.20. The van der Waals surface area contributed by atoms with E-state index in [-0.39, 0.29) is 4.90 Å². The number of hydrogen-bond acceptors (Lipinski definition) is 3. The lowest BCUT2D eigenvalue weighted by molar-refractivity contribution is 0.595. The minimum atomic E-state index is -3.72. The predicted octanol–water partition coefficient (Wildman–Crippen LogP) is 3.83. The summed E-state index contributed by atoms with van der Waals surface area (Å²) >= 11 is 1.34. The van der Waals surface area contributed by atoms with Gasteiger partial charge in [-0.1, -0.05) is 48.0 Å². The van der Waals surface area contributed by atoms with Gasteiger partial charge in [0.2, 0.25) is 4.80 Å². The molecule has 4 nitrogen and oxygen atoms in total. The second kappa shape index (κ2) is 6.75. The molecule has 0 spiro atoms. The molecule has 3 rings (SSSR count). The van der Waals surface area contributed by atoms with Crippen LogP contribution in [0.5, 0.6) is 0 Å². The second-order valence-electron chi connectivity index (χ2n) is 5.39. The van der Waals surface area contributed by atoms with E-state index in [1.54, 1.807) is 24.3 Å². The quantitative estimate of drug-likeness (QED) is 0.712. The number of benzene rings is 2. The van der Waals surface area contributed by atoms with Crippen molar-refractivity contribution in [2.24, 2.45) is 4.40 Å². The lowest BCUT2D eigenvalue weighted by Crippen LogP contribution is -2.17. The van der Waals surface area contributed by atoms with Gasteiger partial charge in [-0.05, 0) is 31.5 Å².